The van der Waals surface area contributed by atoms with Gasteiger partial charge in [-0.05, 0) is 44.4 Å². The van der Waals surface area contributed by atoms with Crippen molar-refractivity contribution >= 4 is 11.9 Å². The third-order valence-electron chi connectivity index (χ3n) is 3.96. The monoisotopic (exact) mass is 303 g/mol. The molecule has 1 aliphatic rings. The molecule has 120 valence electrons. The molecule has 5 nitrogen and oxygen atoms in total. The molecule has 5 heteroatoms. The number of nitrogens with one attached hydrogen (secondary N) is 2. The highest BCUT2D eigenvalue weighted by Crippen LogP contribution is 2.27. The first-order valence-corrected chi connectivity index (χ1v) is 7.88. The van der Waals surface area contributed by atoms with Gasteiger partial charge in [-0.1, -0.05) is 12.1 Å². The lowest BCUT2D eigenvalue weighted by Crippen LogP contribution is -2.43. The average Bonchev–Trinajstić information content (AvgIpc) is 2.53. The van der Waals surface area contributed by atoms with Crippen molar-refractivity contribution < 1.29 is 9.59 Å². The molecule has 22 heavy (non-hydrogen) atoms. The normalized spacial score (nSPS) is 18.2. The number of carbonyl (C=O) groups excluding carboxylic acids is 2. The van der Waals surface area contributed by atoms with Crippen LogP contribution in [0.5, 0.6) is 0 Å². The second-order valence-corrected chi connectivity index (χ2v) is 6.09. The number of rotatable bonds is 3. The van der Waals surface area contributed by atoms with Gasteiger partial charge in [0.15, 0.2) is 0 Å². The van der Waals surface area contributed by atoms with E-state index in [9.17, 15) is 9.59 Å². The largest absolute Gasteiger partial charge is 0.350 e. The Labute approximate surface area is 132 Å². The van der Waals surface area contributed by atoms with E-state index in [-0.39, 0.29) is 23.9 Å². The zero-order chi connectivity index (χ0) is 16.1. The topological polar surface area (TPSA) is 61.4 Å². The van der Waals surface area contributed by atoms with Crippen LogP contribution in [0, 0.1) is 0 Å². The first-order chi connectivity index (χ1) is 10.5. The summed E-state index contributed by atoms with van der Waals surface area (Å²) in [5.74, 6) is 0.244. The van der Waals surface area contributed by atoms with E-state index in [4.69, 9.17) is 0 Å². The van der Waals surface area contributed by atoms with E-state index in [2.05, 4.69) is 10.6 Å². The van der Waals surface area contributed by atoms with Gasteiger partial charge in [0.2, 0.25) is 0 Å². The van der Waals surface area contributed by atoms with Crippen LogP contribution in [-0.2, 0) is 0 Å². The summed E-state index contributed by atoms with van der Waals surface area (Å²) < 4.78 is 0. The number of piperidine rings is 1. The maximum Gasteiger partial charge on any atom is 0.317 e. The fraction of sp³-hybridized carbons (Fsp3) is 0.529. The van der Waals surface area contributed by atoms with E-state index < -0.39 is 0 Å². The first kappa shape index (κ1) is 16.3. The molecule has 1 unspecified atom stereocenters. The van der Waals surface area contributed by atoms with Crippen LogP contribution < -0.4 is 10.6 Å². The minimum atomic E-state index is -0.0455. The third-order valence-corrected chi connectivity index (χ3v) is 3.96. The summed E-state index contributed by atoms with van der Waals surface area (Å²) in [6, 6.07) is 7.84. The van der Waals surface area contributed by atoms with E-state index in [1.807, 2.05) is 43.0 Å². The van der Waals surface area contributed by atoms with Gasteiger partial charge in [-0.15, -0.1) is 0 Å². The summed E-state index contributed by atoms with van der Waals surface area (Å²) in [5, 5.41) is 5.59. The van der Waals surface area contributed by atoms with Gasteiger partial charge >= 0.3 is 6.03 Å². The van der Waals surface area contributed by atoms with Crippen LogP contribution in [0.4, 0.5) is 4.79 Å². The van der Waals surface area contributed by atoms with E-state index in [1.165, 1.54) is 0 Å². The number of carbonyl (C=O) groups is 2. The molecule has 1 fully saturated rings. The molecule has 0 aromatic heterocycles. The van der Waals surface area contributed by atoms with Crippen LogP contribution >= 0.6 is 0 Å². The predicted octanol–water partition coefficient (Wildman–Crippen LogP) is 2.34. The second kappa shape index (κ2) is 7.29. The maximum absolute atomic E-state index is 12.1. The van der Waals surface area contributed by atoms with Crippen LogP contribution in [0.25, 0.3) is 0 Å². The quantitative estimate of drug-likeness (QED) is 0.900. The molecule has 0 radical (unpaired) electrons. The molecule has 1 aliphatic heterocycles. The lowest BCUT2D eigenvalue weighted by atomic mass is 9.89. The number of nitrogens with zero attached hydrogens (tertiary/aromatic N) is 1. The van der Waals surface area contributed by atoms with E-state index in [0.29, 0.717) is 12.1 Å². The van der Waals surface area contributed by atoms with Gasteiger partial charge in [-0.3, -0.25) is 4.79 Å². The molecular weight excluding hydrogens is 278 g/mol. The third kappa shape index (κ3) is 4.00. The van der Waals surface area contributed by atoms with Gasteiger partial charge in [-0.2, -0.15) is 0 Å². The van der Waals surface area contributed by atoms with E-state index >= 15 is 0 Å². The predicted molar refractivity (Wildman–Crippen MR) is 87.0 cm³/mol. The Morgan fingerprint density at radius 3 is 2.77 bits per heavy atom. The number of urea groups is 1. The molecule has 1 saturated heterocycles. The number of hydrogen-bond acceptors (Lipinski definition) is 2. The van der Waals surface area contributed by atoms with Crippen LogP contribution in [0.2, 0.25) is 0 Å². The maximum atomic E-state index is 12.1. The van der Waals surface area contributed by atoms with Gasteiger partial charge in [0, 0.05) is 37.7 Å². The zero-order valence-electron chi connectivity index (χ0n) is 13.6. The number of likely N-dealkylation sites (tertiary alicyclic amines) is 1. The average molecular weight is 303 g/mol. The molecule has 1 heterocycles. The Hall–Kier alpha value is -2.04. The van der Waals surface area contributed by atoms with Gasteiger partial charge < -0.3 is 15.5 Å². The Kier molecular flexibility index (Phi) is 5.41. The van der Waals surface area contributed by atoms with Crippen molar-refractivity contribution in [2.75, 3.05) is 20.1 Å². The summed E-state index contributed by atoms with van der Waals surface area (Å²) in [6.07, 6.45) is 2.03. The smallest absolute Gasteiger partial charge is 0.317 e. The molecule has 0 spiro atoms. The molecule has 1 atom stereocenters. The van der Waals surface area contributed by atoms with Crippen LogP contribution in [0.3, 0.4) is 0 Å². The summed E-state index contributed by atoms with van der Waals surface area (Å²) in [4.78, 5) is 25.8. The number of amides is 3. The van der Waals surface area contributed by atoms with Crippen molar-refractivity contribution in [2.45, 2.75) is 38.6 Å². The molecule has 0 aliphatic carbocycles. The lowest BCUT2D eigenvalue weighted by molar-refractivity contribution is 0.0943. The Bertz CT molecular complexity index is 542. The highest BCUT2D eigenvalue weighted by atomic mass is 16.2. The second-order valence-electron chi connectivity index (χ2n) is 6.09. The summed E-state index contributed by atoms with van der Waals surface area (Å²) in [7, 11) is 1.66. The molecule has 2 rings (SSSR count). The van der Waals surface area contributed by atoms with Gasteiger partial charge in [0.1, 0.15) is 0 Å². The number of hydrogen-bond donors (Lipinski definition) is 2. The lowest BCUT2D eigenvalue weighted by Gasteiger charge is -2.32. The first-order valence-electron chi connectivity index (χ1n) is 7.88. The molecule has 3 amide bonds. The fourth-order valence-corrected chi connectivity index (χ4v) is 2.87. The zero-order valence-corrected chi connectivity index (χ0v) is 13.6. The molecule has 1 aromatic rings. The van der Waals surface area contributed by atoms with Crippen LogP contribution in [-0.4, -0.2) is 43.0 Å². The van der Waals surface area contributed by atoms with Crippen LogP contribution in [0.1, 0.15) is 48.5 Å². The minimum absolute atomic E-state index is 0.0293. The van der Waals surface area contributed by atoms with Crippen LogP contribution in [0.15, 0.2) is 24.3 Å². The molecule has 0 bridgehead atoms. The fourth-order valence-electron chi connectivity index (χ4n) is 2.87. The SMILES string of the molecule is CNC(=O)N1CCCC(c2cccc(C(=O)NC(C)C)c2)C1. The summed E-state index contributed by atoms with van der Waals surface area (Å²) in [6.45, 7) is 5.40. The summed E-state index contributed by atoms with van der Waals surface area (Å²) >= 11 is 0. The Balaban J connectivity index is 2.12. The highest BCUT2D eigenvalue weighted by Gasteiger charge is 2.24. The Morgan fingerprint density at radius 2 is 2.09 bits per heavy atom. The van der Waals surface area contributed by atoms with Gasteiger partial charge in [0.05, 0.1) is 0 Å². The Morgan fingerprint density at radius 1 is 1.32 bits per heavy atom. The van der Waals surface area contributed by atoms with Gasteiger partial charge in [0.25, 0.3) is 5.91 Å². The van der Waals surface area contributed by atoms with E-state index in [0.717, 1.165) is 24.9 Å². The van der Waals surface area contributed by atoms with Crippen molar-refractivity contribution in [3.05, 3.63) is 35.4 Å². The van der Waals surface area contributed by atoms with Crippen molar-refractivity contribution in [1.82, 2.24) is 15.5 Å². The number of benzene rings is 1. The standard InChI is InChI=1S/C17H25N3O2/c1-12(2)19-16(21)14-7-4-6-13(10-14)15-8-5-9-20(11-15)17(22)18-3/h4,6-7,10,12,15H,5,8-9,11H2,1-3H3,(H,18,22)(H,19,21). The van der Waals surface area contributed by atoms with Gasteiger partial charge in [-0.25, -0.2) is 4.79 Å². The van der Waals surface area contributed by atoms with Crippen molar-refractivity contribution in [2.24, 2.45) is 0 Å². The van der Waals surface area contributed by atoms with Crippen molar-refractivity contribution in [3.63, 3.8) is 0 Å². The molecular formula is C17H25N3O2. The van der Waals surface area contributed by atoms with Crippen molar-refractivity contribution in [3.8, 4) is 0 Å². The molecule has 2 N–H and O–H groups in total. The molecule has 0 saturated carbocycles. The highest BCUT2D eigenvalue weighted by molar-refractivity contribution is 5.94. The van der Waals surface area contributed by atoms with Crippen molar-refractivity contribution in [1.29, 1.82) is 0 Å². The summed E-state index contributed by atoms with van der Waals surface area (Å²) in [5.41, 5.74) is 1.81. The molecule has 1 aromatic carbocycles. The minimum Gasteiger partial charge on any atom is -0.350 e. The van der Waals surface area contributed by atoms with E-state index in [1.54, 1.807) is 7.05 Å².